The van der Waals surface area contributed by atoms with Crippen LogP contribution in [0, 0.1) is 11.8 Å². The Morgan fingerprint density at radius 3 is 2.64 bits per heavy atom. The smallest absolute Gasteiger partial charge is 0.0590 e. The summed E-state index contributed by atoms with van der Waals surface area (Å²) in [5, 5.41) is 3.58. The van der Waals surface area contributed by atoms with Gasteiger partial charge in [-0.05, 0) is 38.0 Å². The number of rotatable bonds is 5. The van der Waals surface area contributed by atoms with Gasteiger partial charge in [0.1, 0.15) is 0 Å². The molecule has 3 unspecified atom stereocenters. The van der Waals surface area contributed by atoms with Gasteiger partial charge in [-0.15, -0.1) is 0 Å². The van der Waals surface area contributed by atoms with Crippen molar-refractivity contribution < 1.29 is 4.74 Å². The van der Waals surface area contributed by atoms with Crippen LogP contribution in [0.2, 0.25) is 0 Å². The van der Waals surface area contributed by atoms with Crippen molar-refractivity contribution in [3.05, 3.63) is 0 Å². The third-order valence-corrected chi connectivity index (χ3v) is 3.48. The lowest BCUT2D eigenvalue weighted by Crippen LogP contribution is -2.37. The highest BCUT2D eigenvalue weighted by molar-refractivity contribution is 4.79. The minimum absolute atomic E-state index is 0.738. The topological polar surface area (TPSA) is 21.3 Å². The maximum Gasteiger partial charge on any atom is 0.0590 e. The molecule has 1 aliphatic carbocycles. The maximum absolute atomic E-state index is 5.31. The minimum atomic E-state index is 0.738. The molecule has 1 aliphatic rings. The van der Waals surface area contributed by atoms with E-state index in [0.29, 0.717) is 0 Å². The summed E-state index contributed by atoms with van der Waals surface area (Å²) >= 11 is 0. The molecule has 2 heteroatoms. The summed E-state index contributed by atoms with van der Waals surface area (Å²) in [4.78, 5) is 0. The van der Waals surface area contributed by atoms with E-state index in [9.17, 15) is 0 Å². The van der Waals surface area contributed by atoms with Crippen LogP contribution in [0.15, 0.2) is 0 Å². The second-order valence-corrected chi connectivity index (χ2v) is 4.62. The summed E-state index contributed by atoms with van der Waals surface area (Å²) in [6.07, 6.45) is 4.07. The minimum Gasteiger partial charge on any atom is -0.380 e. The lowest BCUT2D eigenvalue weighted by molar-refractivity contribution is 0.140. The molecule has 3 atom stereocenters. The Morgan fingerprint density at radius 2 is 2.00 bits per heavy atom. The van der Waals surface area contributed by atoms with Crippen molar-refractivity contribution in [3.8, 4) is 0 Å². The van der Waals surface area contributed by atoms with Gasteiger partial charge in [-0.3, -0.25) is 0 Å². The molecular formula is C12H25NO. The first-order chi connectivity index (χ1) is 6.74. The zero-order valence-corrected chi connectivity index (χ0v) is 9.88. The van der Waals surface area contributed by atoms with Gasteiger partial charge < -0.3 is 10.1 Å². The molecule has 0 bridgehead atoms. The molecule has 0 aromatic rings. The average molecular weight is 199 g/mol. The Kier molecular flexibility index (Phi) is 5.49. The van der Waals surface area contributed by atoms with Gasteiger partial charge >= 0.3 is 0 Å². The first-order valence-electron chi connectivity index (χ1n) is 6.05. The summed E-state index contributed by atoms with van der Waals surface area (Å²) in [5.41, 5.74) is 0. The summed E-state index contributed by atoms with van der Waals surface area (Å²) < 4.78 is 5.31. The lowest BCUT2D eigenvalue weighted by atomic mass is 9.79. The molecule has 1 N–H and O–H groups in total. The first-order valence-corrected chi connectivity index (χ1v) is 6.05. The van der Waals surface area contributed by atoms with Gasteiger partial charge in [-0.1, -0.05) is 13.8 Å². The number of hydrogen-bond donors (Lipinski definition) is 1. The number of ether oxygens (including phenoxy) is 1. The van der Waals surface area contributed by atoms with Crippen LogP contribution < -0.4 is 5.32 Å². The van der Waals surface area contributed by atoms with Gasteiger partial charge in [0.2, 0.25) is 0 Å². The highest BCUT2D eigenvalue weighted by atomic mass is 16.5. The van der Waals surface area contributed by atoms with E-state index in [-0.39, 0.29) is 0 Å². The van der Waals surface area contributed by atoms with E-state index in [0.717, 1.165) is 37.6 Å². The molecular weight excluding hydrogens is 174 g/mol. The number of nitrogens with one attached hydrogen (secondary N) is 1. The van der Waals surface area contributed by atoms with Crippen LogP contribution in [0.1, 0.15) is 40.0 Å². The molecule has 0 spiro atoms. The van der Waals surface area contributed by atoms with E-state index >= 15 is 0 Å². The van der Waals surface area contributed by atoms with Gasteiger partial charge in [-0.25, -0.2) is 0 Å². The molecule has 1 fully saturated rings. The third kappa shape index (κ3) is 3.97. The summed E-state index contributed by atoms with van der Waals surface area (Å²) in [7, 11) is 0. The van der Waals surface area contributed by atoms with Gasteiger partial charge in [-0.2, -0.15) is 0 Å². The van der Waals surface area contributed by atoms with Crippen molar-refractivity contribution in [2.24, 2.45) is 11.8 Å². The molecule has 0 aliphatic heterocycles. The molecule has 14 heavy (non-hydrogen) atoms. The Bertz CT molecular complexity index is 149. The van der Waals surface area contributed by atoms with Gasteiger partial charge in [0.05, 0.1) is 6.61 Å². The molecule has 0 aromatic heterocycles. The van der Waals surface area contributed by atoms with Gasteiger partial charge in [0.25, 0.3) is 0 Å². The van der Waals surface area contributed by atoms with Crippen molar-refractivity contribution in [1.29, 1.82) is 0 Å². The van der Waals surface area contributed by atoms with Crippen LogP contribution in [0.5, 0.6) is 0 Å². The first kappa shape index (κ1) is 12.0. The molecule has 0 heterocycles. The maximum atomic E-state index is 5.31. The fourth-order valence-electron chi connectivity index (χ4n) is 2.21. The molecule has 84 valence electrons. The Balaban J connectivity index is 2.07. The molecule has 1 saturated carbocycles. The number of hydrogen-bond acceptors (Lipinski definition) is 2. The van der Waals surface area contributed by atoms with Gasteiger partial charge in [0.15, 0.2) is 0 Å². The predicted molar refractivity (Wildman–Crippen MR) is 60.5 cm³/mol. The van der Waals surface area contributed by atoms with E-state index in [4.69, 9.17) is 4.74 Å². The second-order valence-electron chi connectivity index (χ2n) is 4.62. The van der Waals surface area contributed by atoms with E-state index in [1.165, 1.54) is 19.3 Å². The van der Waals surface area contributed by atoms with Crippen molar-refractivity contribution in [2.75, 3.05) is 19.8 Å². The average Bonchev–Trinajstić information content (AvgIpc) is 2.18. The highest BCUT2D eigenvalue weighted by Crippen LogP contribution is 2.29. The molecule has 2 nitrogen and oxygen atoms in total. The van der Waals surface area contributed by atoms with Crippen LogP contribution in [-0.4, -0.2) is 25.8 Å². The Morgan fingerprint density at radius 1 is 1.21 bits per heavy atom. The molecule has 0 amide bonds. The second kappa shape index (κ2) is 6.41. The molecule has 0 saturated heterocycles. The van der Waals surface area contributed by atoms with E-state index in [2.05, 4.69) is 19.2 Å². The predicted octanol–water partition coefficient (Wildman–Crippen LogP) is 2.44. The monoisotopic (exact) mass is 199 g/mol. The fraction of sp³-hybridized carbons (Fsp3) is 1.00. The zero-order valence-electron chi connectivity index (χ0n) is 9.88. The van der Waals surface area contributed by atoms with Gasteiger partial charge in [0, 0.05) is 19.2 Å². The third-order valence-electron chi connectivity index (χ3n) is 3.48. The molecule has 0 aromatic carbocycles. The van der Waals surface area contributed by atoms with Crippen LogP contribution in [0.3, 0.4) is 0 Å². The Hall–Kier alpha value is -0.0800. The quantitative estimate of drug-likeness (QED) is 0.687. The Labute approximate surface area is 88.4 Å². The zero-order chi connectivity index (χ0) is 10.4. The SMILES string of the molecule is CCOCCNC1CCC(C)C(C)C1. The lowest BCUT2D eigenvalue weighted by Gasteiger charge is -2.32. The van der Waals surface area contributed by atoms with Crippen LogP contribution in [0.25, 0.3) is 0 Å². The van der Waals surface area contributed by atoms with E-state index in [1.54, 1.807) is 0 Å². The van der Waals surface area contributed by atoms with Crippen LogP contribution >= 0.6 is 0 Å². The van der Waals surface area contributed by atoms with Crippen LogP contribution in [-0.2, 0) is 4.74 Å². The van der Waals surface area contributed by atoms with Crippen molar-refractivity contribution in [2.45, 2.75) is 46.1 Å². The normalized spacial score (nSPS) is 33.2. The highest BCUT2D eigenvalue weighted by Gasteiger charge is 2.23. The molecule has 0 radical (unpaired) electrons. The standard InChI is InChI=1S/C12H25NO/c1-4-14-8-7-13-12-6-5-10(2)11(3)9-12/h10-13H,4-9H2,1-3H3. The van der Waals surface area contributed by atoms with Crippen molar-refractivity contribution in [3.63, 3.8) is 0 Å². The van der Waals surface area contributed by atoms with E-state index < -0.39 is 0 Å². The summed E-state index contributed by atoms with van der Waals surface area (Å²) in [6.45, 7) is 9.50. The van der Waals surface area contributed by atoms with Crippen LogP contribution in [0.4, 0.5) is 0 Å². The largest absolute Gasteiger partial charge is 0.380 e. The summed E-state index contributed by atoms with van der Waals surface area (Å²) in [6, 6.07) is 0.738. The molecule has 1 rings (SSSR count). The van der Waals surface area contributed by atoms with E-state index in [1.807, 2.05) is 6.92 Å². The van der Waals surface area contributed by atoms with Crippen molar-refractivity contribution in [1.82, 2.24) is 5.32 Å². The summed E-state index contributed by atoms with van der Waals surface area (Å²) in [5.74, 6) is 1.80. The fourth-order valence-corrected chi connectivity index (χ4v) is 2.21. The van der Waals surface area contributed by atoms with Crippen molar-refractivity contribution >= 4 is 0 Å².